The molecular formula is C95H147N3O18. The molecule has 16 aliphatic carbocycles. The molecule has 4 heterocycles. The fraction of sp³-hybridized carbons (Fsp3) is 0.863. The van der Waals surface area contributed by atoms with Gasteiger partial charge in [-0.3, -0.25) is 4.79 Å². The first-order valence-electron chi connectivity index (χ1n) is 46.0. The summed E-state index contributed by atoms with van der Waals surface area (Å²) >= 11 is 0. The average molecular weight is 1620 g/mol. The van der Waals surface area contributed by atoms with Crippen molar-refractivity contribution in [3.63, 3.8) is 0 Å². The third kappa shape index (κ3) is 13.6. The molecule has 4 aliphatic heterocycles. The molecule has 0 aromatic rings. The first-order valence-corrected chi connectivity index (χ1v) is 46.0. The molecule has 16 saturated carbocycles. The molecule has 0 spiro atoms. The van der Waals surface area contributed by atoms with Crippen LogP contribution in [0.1, 0.15) is 287 Å². The maximum Gasteiger partial charge on any atom is 0.331 e. The molecule has 20 aliphatic rings. The minimum atomic E-state index is -0.650. The molecule has 20 rings (SSSR count). The molecule has 116 heavy (non-hydrogen) atoms. The van der Waals surface area contributed by atoms with Crippen molar-refractivity contribution in [2.45, 2.75) is 327 Å². The Morgan fingerprint density at radius 2 is 0.629 bits per heavy atom. The van der Waals surface area contributed by atoms with Crippen molar-refractivity contribution in [3.8, 4) is 0 Å². The second-order valence-electron chi connectivity index (χ2n) is 43.7. The second-order valence-corrected chi connectivity index (χ2v) is 43.7. The van der Waals surface area contributed by atoms with Crippen LogP contribution in [0.3, 0.4) is 0 Å². The van der Waals surface area contributed by atoms with E-state index in [1.54, 1.807) is 38.5 Å². The van der Waals surface area contributed by atoms with E-state index < -0.39 is 22.4 Å². The van der Waals surface area contributed by atoms with Gasteiger partial charge in [0, 0.05) is 70.9 Å². The van der Waals surface area contributed by atoms with Crippen LogP contribution in [0.2, 0.25) is 0 Å². The Balaban J connectivity index is 0.000000120. The zero-order valence-corrected chi connectivity index (χ0v) is 72.3. The van der Waals surface area contributed by atoms with Crippen LogP contribution in [-0.4, -0.2) is 149 Å². The van der Waals surface area contributed by atoms with Crippen LogP contribution in [0.25, 0.3) is 0 Å². The van der Waals surface area contributed by atoms with Gasteiger partial charge in [-0.05, 0) is 357 Å². The number of esters is 4. The number of aliphatic hydroxyl groups is 5. The van der Waals surface area contributed by atoms with E-state index in [1.165, 1.54) is 64.9 Å². The van der Waals surface area contributed by atoms with Crippen LogP contribution in [0.5, 0.6) is 0 Å². The summed E-state index contributed by atoms with van der Waals surface area (Å²) in [6.07, 6.45) is 44.5. The lowest BCUT2D eigenvalue weighted by atomic mass is 9.43. The molecule has 0 aromatic heterocycles. The normalized spacial score (nSPS) is 50.8. The van der Waals surface area contributed by atoms with E-state index in [-0.39, 0.29) is 91.6 Å². The zero-order chi connectivity index (χ0) is 81.6. The number of hydrogen-bond acceptors (Lipinski definition) is 20. The highest BCUT2D eigenvalue weighted by molar-refractivity contribution is 5.87. The summed E-state index contributed by atoms with van der Waals surface area (Å²) in [5.41, 5.74) is 8.92. The smallest absolute Gasteiger partial charge is 0.331 e. The first-order chi connectivity index (χ1) is 54.6. The quantitative estimate of drug-likeness (QED) is 0.0636. The highest BCUT2D eigenvalue weighted by atomic mass is 16.6. The predicted octanol–water partition coefficient (Wildman–Crippen LogP) is 13.6. The average Bonchev–Trinajstić information content (AvgIpc) is 1.44. The summed E-state index contributed by atoms with van der Waals surface area (Å²) in [5.74, 6) is 11.4. The molecule has 650 valence electrons. The summed E-state index contributed by atoms with van der Waals surface area (Å²) in [6.45, 7) is 20.7. The Hall–Kier alpha value is -3.97. The third-order valence-corrected chi connectivity index (χ3v) is 40.3. The van der Waals surface area contributed by atoms with E-state index in [4.69, 9.17) is 28.6 Å². The number of aliphatic hydroxyl groups excluding tert-OH is 1. The molecule has 31 atom stereocenters. The van der Waals surface area contributed by atoms with Gasteiger partial charge in [-0.25, -0.2) is 25.1 Å². The van der Waals surface area contributed by atoms with Crippen LogP contribution in [0.15, 0.2) is 46.6 Å². The maximum absolute atomic E-state index is 12.2. The maximum atomic E-state index is 12.2. The van der Waals surface area contributed by atoms with Crippen molar-refractivity contribution in [2.24, 2.45) is 144 Å². The largest absolute Gasteiger partial charge is 0.458 e. The molecule has 21 nitrogen and oxygen atoms in total. The van der Waals surface area contributed by atoms with Gasteiger partial charge < -0.3 is 64.5 Å². The van der Waals surface area contributed by atoms with Gasteiger partial charge in [0.25, 0.3) is 0 Å². The minimum absolute atomic E-state index is 0. The molecule has 0 saturated heterocycles. The SMILES string of the molecule is CON.CON[C@@H]1CC[C@]2(C)C3CC[C@]4(C)[C@@H](C5=CC(=O)OC5)CC[C@]4(O)C3CC[C@@H]2C1.CON[C@H]1CC[C@]2(C)C3CC[C@]4(C)[C@@H](C5=CC(=O)OC5)CC[C@]4(O)C3CC[C@@H]2C1.C[C@]12CCC(=O)C[C@H]1CCC1C2CC[C@]2(C)[C@@H](C3=CC(=O)OC3)CC[C@]12O.C[C@]12CC[C@H](O)C[C@H]1CCC1C2CC[C@]2(C)[C@@H](C3=CC(=O)OC3)CC[C@]12O.O. The number of carbonyl (C=O) groups is 5. The zero-order valence-electron chi connectivity index (χ0n) is 72.3. The Morgan fingerprint density at radius 3 is 0.914 bits per heavy atom. The highest BCUT2D eigenvalue weighted by Crippen LogP contribution is 2.75. The van der Waals surface area contributed by atoms with Gasteiger partial charge in [-0.15, -0.1) is 0 Å². The fourth-order valence-corrected chi connectivity index (χ4v) is 34.0. The second kappa shape index (κ2) is 32.0. The van der Waals surface area contributed by atoms with E-state index >= 15 is 0 Å². The van der Waals surface area contributed by atoms with Gasteiger partial charge in [0.15, 0.2) is 0 Å². The van der Waals surface area contributed by atoms with Gasteiger partial charge in [-0.2, -0.15) is 11.0 Å². The lowest BCUT2D eigenvalue weighted by Crippen LogP contribution is -2.62. The Bertz CT molecular complexity index is 3720. The van der Waals surface area contributed by atoms with E-state index in [0.29, 0.717) is 114 Å². The number of hydroxylamine groups is 2. The highest BCUT2D eigenvalue weighted by Gasteiger charge is 2.73. The van der Waals surface area contributed by atoms with E-state index in [9.17, 15) is 49.5 Å². The first kappa shape index (κ1) is 86.9. The fourth-order valence-electron chi connectivity index (χ4n) is 34.0. The number of cyclic esters (lactones) is 4. The summed E-state index contributed by atoms with van der Waals surface area (Å²) < 4.78 is 20.9. The number of nitrogens with two attached hydrogens (primary N) is 1. The van der Waals surface area contributed by atoms with E-state index in [1.807, 2.05) is 0 Å². The van der Waals surface area contributed by atoms with Crippen LogP contribution < -0.4 is 16.9 Å². The Kier molecular flexibility index (Phi) is 24.0. The minimum Gasteiger partial charge on any atom is -0.458 e. The standard InChI is InChI=1S/2C24H37NO4.C23H34O4.C23H32O4.CH5NO.H2O/c2*1-22-9-6-17(25-28-3)13-16(22)4-5-20-19(22)7-10-23(2)18(8-11-24(20,23)27)15-12-21(26)29-14-15;2*1-21-8-5-16(24)12-15(21)3-4-19-18(21)6-9-22(2)17(7-10-23(19,22)26)14-11-20(25)27-13-14;1-3-2;/h2*12,16-20,25,27H,4-11,13-14H2,1-3H3;11,15-19,24,26H,3-10,12-13H2,1-2H3;11,15,17-19,26H,3-10,12-13H2,1-2H3;2H2,1H3;1H2/t16-,17+,18-,19?,20?,22+,23-,24+;16-,17-,18-,19?,20?,22+,23-,24+;15-,16+,17-,18?,19?,21+,22-,23+;15-,17-,18?,19?,21+,22-,23+;;/m1111../s1. The monoisotopic (exact) mass is 1620 g/mol. The van der Waals surface area contributed by atoms with Gasteiger partial charge in [0.2, 0.25) is 0 Å². The number of Topliss-reactive ketones (excluding diaryl/α,β-unsaturated/α-hetero) is 1. The van der Waals surface area contributed by atoms with Crippen molar-refractivity contribution in [1.29, 1.82) is 0 Å². The molecule has 0 aromatic carbocycles. The Labute approximate surface area is 691 Å². The number of hydrogen-bond donors (Lipinski definition) is 8. The lowest BCUT2D eigenvalue weighted by Gasteiger charge is -2.63. The van der Waals surface area contributed by atoms with Gasteiger partial charge >= 0.3 is 23.9 Å². The third-order valence-electron chi connectivity index (χ3n) is 40.3. The molecule has 0 bridgehead atoms. The van der Waals surface area contributed by atoms with Crippen LogP contribution in [-0.2, 0) is 57.4 Å². The van der Waals surface area contributed by atoms with Gasteiger partial charge in [-0.1, -0.05) is 55.4 Å². The molecular weight excluding hydrogens is 1470 g/mol. The molecule has 21 heteroatoms. The van der Waals surface area contributed by atoms with Crippen molar-refractivity contribution < 1.29 is 88.4 Å². The van der Waals surface area contributed by atoms with Crippen LogP contribution >= 0.6 is 0 Å². The lowest BCUT2D eigenvalue weighted by molar-refractivity contribution is -0.208. The van der Waals surface area contributed by atoms with Crippen LogP contribution in [0.4, 0.5) is 0 Å². The summed E-state index contributed by atoms with van der Waals surface area (Å²) in [4.78, 5) is 72.8. The van der Waals surface area contributed by atoms with Gasteiger partial charge in [0.05, 0.1) is 49.8 Å². The molecule has 0 radical (unpaired) electrons. The topological polar surface area (TPSA) is 333 Å². The molecule has 8 unspecified atom stereocenters. The number of fused-ring (bicyclic) bond motifs is 20. The van der Waals surface area contributed by atoms with E-state index in [2.05, 4.69) is 77.1 Å². The Morgan fingerprint density at radius 1 is 0.353 bits per heavy atom. The summed E-state index contributed by atoms with van der Waals surface area (Å²) in [7, 11) is 4.84. The van der Waals surface area contributed by atoms with Crippen molar-refractivity contribution >= 4 is 29.7 Å². The van der Waals surface area contributed by atoms with Crippen molar-refractivity contribution in [1.82, 2.24) is 11.0 Å². The number of nitrogens with one attached hydrogen (secondary N) is 2. The van der Waals surface area contributed by atoms with Gasteiger partial charge in [0.1, 0.15) is 32.2 Å². The number of carbonyl (C=O) groups excluding carboxylic acids is 5. The summed E-state index contributed by atoms with van der Waals surface area (Å²) in [6, 6.07) is 0.934. The number of ketones is 1. The summed E-state index contributed by atoms with van der Waals surface area (Å²) in [5, 5.41) is 58.8. The van der Waals surface area contributed by atoms with E-state index in [0.717, 1.165) is 207 Å². The van der Waals surface area contributed by atoms with Crippen molar-refractivity contribution in [2.75, 3.05) is 47.8 Å². The number of rotatable bonds is 8. The molecule has 0 amide bonds. The molecule has 16 fully saturated rings. The van der Waals surface area contributed by atoms with Crippen molar-refractivity contribution in [3.05, 3.63) is 46.6 Å². The predicted molar refractivity (Wildman–Crippen MR) is 437 cm³/mol. The molecule has 11 N–H and O–H groups in total. The number of ether oxygens (including phenoxy) is 4. The van der Waals surface area contributed by atoms with Crippen LogP contribution in [0, 0.1) is 138 Å².